The Bertz CT molecular complexity index is 704. The molecule has 0 unspecified atom stereocenters. The highest BCUT2D eigenvalue weighted by Gasteiger charge is 2.19. The number of nitrogens with one attached hydrogen (secondary N) is 1. The molecular formula is C21H29N5. The van der Waals surface area contributed by atoms with Crippen LogP contribution in [0.15, 0.2) is 36.4 Å². The summed E-state index contributed by atoms with van der Waals surface area (Å²) in [5.41, 5.74) is 2.16. The lowest BCUT2D eigenvalue weighted by Gasteiger charge is -2.33. The lowest BCUT2D eigenvalue weighted by molar-refractivity contribution is 0.312. The van der Waals surface area contributed by atoms with Crippen molar-refractivity contribution in [3.8, 4) is 11.3 Å². The average Bonchev–Trinajstić information content (AvgIpc) is 2.70. The highest BCUT2D eigenvalue weighted by molar-refractivity contribution is 5.65. The van der Waals surface area contributed by atoms with E-state index in [1.54, 1.807) is 0 Å². The number of anilines is 2. The minimum Gasteiger partial charge on any atom is -0.354 e. The molecule has 1 saturated heterocycles. The number of rotatable bonds is 4. The second kappa shape index (κ2) is 8.04. The Hall–Kier alpha value is -2.14. The molecule has 0 spiro atoms. The molecular weight excluding hydrogens is 322 g/mol. The Kier molecular flexibility index (Phi) is 5.34. The van der Waals surface area contributed by atoms with E-state index in [2.05, 4.69) is 52.5 Å². The van der Waals surface area contributed by atoms with Crippen molar-refractivity contribution in [1.82, 2.24) is 14.9 Å². The Morgan fingerprint density at radius 3 is 2.38 bits per heavy atom. The van der Waals surface area contributed by atoms with Gasteiger partial charge < -0.3 is 15.1 Å². The Morgan fingerprint density at radius 1 is 0.923 bits per heavy atom. The minimum absolute atomic E-state index is 0.509. The van der Waals surface area contributed by atoms with Crippen LogP contribution < -0.4 is 10.2 Å². The summed E-state index contributed by atoms with van der Waals surface area (Å²) < 4.78 is 0. The van der Waals surface area contributed by atoms with Gasteiger partial charge in [0.1, 0.15) is 5.82 Å². The molecule has 0 amide bonds. The van der Waals surface area contributed by atoms with Crippen LogP contribution in [0.1, 0.15) is 32.1 Å². The van der Waals surface area contributed by atoms with Crippen LogP contribution in [0.2, 0.25) is 0 Å². The van der Waals surface area contributed by atoms with Gasteiger partial charge in [0.2, 0.25) is 5.95 Å². The van der Waals surface area contributed by atoms with Gasteiger partial charge in [-0.3, -0.25) is 0 Å². The van der Waals surface area contributed by atoms with Gasteiger partial charge in [0.05, 0.1) is 5.69 Å². The van der Waals surface area contributed by atoms with Crippen molar-refractivity contribution in [2.24, 2.45) is 0 Å². The predicted molar refractivity (Wildman–Crippen MR) is 108 cm³/mol. The number of aromatic nitrogens is 2. The summed E-state index contributed by atoms with van der Waals surface area (Å²) in [4.78, 5) is 14.5. The number of hydrogen-bond acceptors (Lipinski definition) is 5. The molecule has 26 heavy (non-hydrogen) atoms. The first-order valence-electron chi connectivity index (χ1n) is 9.92. The van der Waals surface area contributed by atoms with E-state index >= 15 is 0 Å². The molecule has 1 N–H and O–H groups in total. The van der Waals surface area contributed by atoms with E-state index in [0.717, 1.165) is 49.2 Å². The van der Waals surface area contributed by atoms with Crippen LogP contribution in [-0.4, -0.2) is 54.1 Å². The van der Waals surface area contributed by atoms with Gasteiger partial charge in [-0.25, -0.2) is 4.98 Å². The third kappa shape index (κ3) is 4.15. The second-order valence-electron chi connectivity index (χ2n) is 7.57. The van der Waals surface area contributed by atoms with E-state index in [0.29, 0.717) is 6.04 Å². The Balaban J connectivity index is 1.62. The molecule has 0 bridgehead atoms. The molecule has 138 valence electrons. The molecule has 0 radical (unpaired) electrons. The Morgan fingerprint density at radius 2 is 1.65 bits per heavy atom. The predicted octanol–water partition coefficient (Wildman–Crippen LogP) is 3.64. The van der Waals surface area contributed by atoms with E-state index < -0.39 is 0 Å². The highest BCUT2D eigenvalue weighted by Crippen LogP contribution is 2.26. The number of benzene rings is 1. The molecule has 2 heterocycles. The Labute approximate surface area is 156 Å². The van der Waals surface area contributed by atoms with Gasteiger partial charge >= 0.3 is 0 Å². The maximum atomic E-state index is 4.89. The summed E-state index contributed by atoms with van der Waals surface area (Å²) in [7, 11) is 2.18. The fraction of sp³-hybridized carbons (Fsp3) is 0.524. The van der Waals surface area contributed by atoms with Gasteiger partial charge in [-0.1, -0.05) is 49.6 Å². The van der Waals surface area contributed by atoms with Crippen molar-refractivity contribution in [3.05, 3.63) is 36.4 Å². The minimum atomic E-state index is 0.509. The zero-order chi connectivity index (χ0) is 17.8. The zero-order valence-electron chi connectivity index (χ0n) is 15.7. The van der Waals surface area contributed by atoms with Crippen LogP contribution in [0.25, 0.3) is 11.3 Å². The number of hydrogen-bond donors (Lipinski definition) is 1. The lowest BCUT2D eigenvalue weighted by Crippen LogP contribution is -2.45. The topological polar surface area (TPSA) is 44.3 Å². The summed E-state index contributed by atoms with van der Waals surface area (Å²) in [5.74, 6) is 1.83. The molecule has 2 fully saturated rings. The van der Waals surface area contributed by atoms with Crippen LogP contribution in [0.4, 0.5) is 11.8 Å². The van der Waals surface area contributed by atoms with Crippen molar-refractivity contribution in [3.63, 3.8) is 0 Å². The van der Waals surface area contributed by atoms with Gasteiger partial charge in [0.25, 0.3) is 0 Å². The molecule has 1 saturated carbocycles. The smallest absolute Gasteiger partial charge is 0.225 e. The maximum Gasteiger partial charge on any atom is 0.225 e. The molecule has 5 heteroatoms. The SMILES string of the molecule is CN1CCN(c2cc(-c3ccccc3)nc(NC3CCCCC3)n2)CC1. The standard InChI is InChI=1S/C21H29N5/c1-25-12-14-26(15-13-25)20-16-19(17-8-4-2-5-9-17)23-21(24-20)22-18-10-6-3-7-11-18/h2,4-5,8-9,16,18H,3,6-7,10-15H2,1H3,(H,22,23,24). The lowest BCUT2D eigenvalue weighted by atomic mass is 9.96. The van der Waals surface area contributed by atoms with Crippen LogP contribution >= 0.6 is 0 Å². The molecule has 0 atom stereocenters. The number of likely N-dealkylation sites (N-methyl/N-ethyl adjacent to an activating group) is 1. The molecule has 2 aliphatic rings. The summed E-state index contributed by atoms with van der Waals surface area (Å²) in [6.07, 6.45) is 6.42. The third-order valence-corrected chi connectivity index (χ3v) is 5.55. The molecule has 1 aliphatic carbocycles. The van der Waals surface area contributed by atoms with E-state index in [1.807, 2.05) is 6.07 Å². The molecule has 1 aromatic heterocycles. The maximum absolute atomic E-state index is 4.89. The highest BCUT2D eigenvalue weighted by atomic mass is 15.3. The summed E-state index contributed by atoms with van der Waals surface area (Å²) >= 11 is 0. The third-order valence-electron chi connectivity index (χ3n) is 5.55. The van der Waals surface area contributed by atoms with Gasteiger partial charge in [-0.15, -0.1) is 0 Å². The van der Waals surface area contributed by atoms with E-state index in [-0.39, 0.29) is 0 Å². The molecule has 2 aromatic rings. The van der Waals surface area contributed by atoms with Crippen molar-refractivity contribution < 1.29 is 0 Å². The van der Waals surface area contributed by atoms with Crippen molar-refractivity contribution in [2.75, 3.05) is 43.4 Å². The fourth-order valence-corrected chi connectivity index (χ4v) is 3.88. The summed E-state index contributed by atoms with van der Waals surface area (Å²) in [6, 6.07) is 13.1. The quantitative estimate of drug-likeness (QED) is 0.911. The van der Waals surface area contributed by atoms with Crippen LogP contribution in [0.5, 0.6) is 0 Å². The molecule has 1 aliphatic heterocycles. The zero-order valence-corrected chi connectivity index (χ0v) is 15.7. The average molecular weight is 351 g/mol. The summed E-state index contributed by atoms with van der Waals surface area (Å²) in [5, 5.41) is 3.62. The first-order chi connectivity index (χ1) is 12.8. The van der Waals surface area contributed by atoms with E-state index in [9.17, 15) is 0 Å². The van der Waals surface area contributed by atoms with Crippen LogP contribution in [0.3, 0.4) is 0 Å². The van der Waals surface area contributed by atoms with Crippen LogP contribution in [0, 0.1) is 0 Å². The normalized spacial score (nSPS) is 19.5. The van der Waals surface area contributed by atoms with Gasteiger partial charge in [-0.2, -0.15) is 4.98 Å². The van der Waals surface area contributed by atoms with Gasteiger partial charge in [-0.05, 0) is 19.9 Å². The van der Waals surface area contributed by atoms with E-state index in [4.69, 9.17) is 9.97 Å². The van der Waals surface area contributed by atoms with Gasteiger partial charge in [0.15, 0.2) is 0 Å². The van der Waals surface area contributed by atoms with Gasteiger partial charge in [0, 0.05) is 43.9 Å². The summed E-state index contributed by atoms with van der Waals surface area (Å²) in [6.45, 7) is 4.20. The number of piperazine rings is 1. The van der Waals surface area contributed by atoms with Crippen molar-refractivity contribution >= 4 is 11.8 Å². The van der Waals surface area contributed by atoms with E-state index in [1.165, 1.54) is 32.1 Å². The van der Waals surface area contributed by atoms with Crippen LogP contribution in [-0.2, 0) is 0 Å². The fourth-order valence-electron chi connectivity index (χ4n) is 3.88. The first-order valence-corrected chi connectivity index (χ1v) is 9.92. The van der Waals surface area contributed by atoms with Crippen molar-refractivity contribution in [1.29, 1.82) is 0 Å². The number of nitrogens with zero attached hydrogens (tertiary/aromatic N) is 4. The molecule has 4 rings (SSSR count). The monoisotopic (exact) mass is 351 g/mol. The second-order valence-corrected chi connectivity index (χ2v) is 7.57. The molecule has 5 nitrogen and oxygen atoms in total. The first kappa shape index (κ1) is 17.3. The van der Waals surface area contributed by atoms with Crippen molar-refractivity contribution in [2.45, 2.75) is 38.1 Å². The largest absolute Gasteiger partial charge is 0.354 e. The molecule has 1 aromatic carbocycles.